The smallest absolute Gasteiger partial charge is 0.250 e. The van der Waals surface area contributed by atoms with Crippen molar-refractivity contribution in [3.05, 3.63) is 58.1 Å². The summed E-state index contributed by atoms with van der Waals surface area (Å²) in [5, 5.41) is 13.2. The number of carbonyl (C=O) groups excluding carboxylic acids is 1. The number of anilines is 1. The minimum absolute atomic E-state index is 0.229. The van der Waals surface area contributed by atoms with E-state index < -0.39 is 5.91 Å². The highest BCUT2D eigenvalue weighted by Crippen LogP contribution is 2.23. The monoisotopic (exact) mass is 290 g/mol. The number of amides is 1. The largest absolute Gasteiger partial charge is 0.508 e. The minimum Gasteiger partial charge on any atom is -0.508 e. The molecule has 0 unspecified atom stereocenters. The first-order valence-electron chi connectivity index (χ1n) is 6.09. The van der Waals surface area contributed by atoms with Gasteiger partial charge in [0, 0.05) is 17.8 Å². The van der Waals surface area contributed by atoms with Gasteiger partial charge in [0.2, 0.25) is 5.91 Å². The maximum Gasteiger partial charge on any atom is 0.250 e. The number of hydrogen-bond acceptors (Lipinski definition) is 3. The molecule has 4 N–H and O–H groups in total. The molecule has 0 aliphatic heterocycles. The Labute approximate surface area is 122 Å². The first-order valence-corrected chi connectivity index (χ1v) is 6.47. The van der Waals surface area contributed by atoms with Crippen molar-refractivity contribution in [2.24, 2.45) is 5.73 Å². The molecule has 1 amide bonds. The molecule has 0 aromatic heterocycles. The third-order valence-electron chi connectivity index (χ3n) is 2.95. The Balaban J connectivity index is 2.17. The number of phenolic OH excluding ortho intramolecular Hbond substituents is 1. The molecule has 0 radical (unpaired) electrons. The first-order chi connectivity index (χ1) is 9.47. The lowest BCUT2D eigenvalue weighted by molar-refractivity contribution is 0.100. The number of carbonyl (C=O) groups is 1. The zero-order valence-corrected chi connectivity index (χ0v) is 11.7. The number of aromatic hydroxyl groups is 1. The highest BCUT2D eigenvalue weighted by molar-refractivity contribution is 6.33. The van der Waals surface area contributed by atoms with E-state index in [0.717, 1.165) is 11.1 Å². The van der Waals surface area contributed by atoms with E-state index in [1.54, 1.807) is 24.3 Å². The summed E-state index contributed by atoms with van der Waals surface area (Å²) in [6, 6.07) is 10.3. The summed E-state index contributed by atoms with van der Waals surface area (Å²) < 4.78 is 0. The van der Waals surface area contributed by atoms with Crippen LogP contribution in [0.5, 0.6) is 5.75 Å². The SMILES string of the molecule is Cc1ccc(O)c(CNc2ccc(Cl)c(C(N)=O)c2)c1. The summed E-state index contributed by atoms with van der Waals surface area (Å²) in [7, 11) is 0. The van der Waals surface area contributed by atoms with Gasteiger partial charge in [0.15, 0.2) is 0 Å². The van der Waals surface area contributed by atoms with Crippen LogP contribution in [0.2, 0.25) is 5.02 Å². The molecule has 104 valence electrons. The lowest BCUT2D eigenvalue weighted by atomic mass is 10.1. The predicted octanol–water partition coefficient (Wildman–Crippen LogP) is 3.07. The fourth-order valence-electron chi connectivity index (χ4n) is 1.88. The van der Waals surface area contributed by atoms with Crippen LogP contribution < -0.4 is 11.1 Å². The zero-order chi connectivity index (χ0) is 14.7. The fraction of sp³-hybridized carbons (Fsp3) is 0.133. The van der Waals surface area contributed by atoms with Gasteiger partial charge in [-0.05, 0) is 31.2 Å². The van der Waals surface area contributed by atoms with Gasteiger partial charge in [0.05, 0.1) is 10.6 Å². The second kappa shape index (κ2) is 5.84. The molecule has 0 bridgehead atoms. The summed E-state index contributed by atoms with van der Waals surface area (Å²) in [6.07, 6.45) is 0. The second-order valence-electron chi connectivity index (χ2n) is 4.54. The van der Waals surface area contributed by atoms with E-state index in [1.807, 2.05) is 19.1 Å². The lowest BCUT2D eigenvalue weighted by Gasteiger charge is -2.10. The second-order valence-corrected chi connectivity index (χ2v) is 4.95. The number of hydrogen-bond donors (Lipinski definition) is 3. The van der Waals surface area contributed by atoms with Crippen molar-refractivity contribution in [2.45, 2.75) is 13.5 Å². The molecule has 2 aromatic carbocycles. The molecule has 5 heteroatoms. The highest BCUT2D eigenvalue weighted by atomic mass is 35.5. The molecular weight excluding hydrogens is 276 g/mol. The molecule has 0 aliphatic rings. The number of benzene rings is 2. The molecule has 0 saturated heterocycles. The summed E-state index contributed by atoms with van der Waals surface area (Å²) in [5.41, 5.74) is 8.07. The minimum atomic E-state index is -0.572. The van der Waals surface area contributed by atoms with Crippen LogP contribution in [-0.2, 0) is 6.54 Å². The van der Waals surface area contributed by atoms with Gasteiger partial charge in [-0.2, -0.15) is 0 Å². The summed E-state index contributed by atoms with van der Waals surface area (Å²) in [4.78, 5) is 11.2. The van der Waals surface area contributed by atoms with Crippen molar-refractivity contribution in [3.63, 3.8) is 0 Å². The summed E-state index contributed by atoms with van der Waals surface area (Å²) in [6.45, 7) is 2.39. The molecule has 4 nitrogen and oxygen atoms in total. The molecule has 2 rings (SSSR count). The maximum atomic E-state index is 11.2. The standard InChI is InChI=1S/C15H15ClN2O2/c1-9-2-5-14(19)10(6-9)8-18-11-3-4-13(16)12(7-11)15(17)20/h2-7,18-19H,8H2,1H3,(H2,17,20). The molecule has 0 spiro atoms. The summed E-state index contributed by atoms with van der Waals surface area (Å²) >= 11 is 5.89. The van der Waals surface area contributed by atoms with Crippen molar-refractivity contribution in [1.82, 2.24) is 0 Å². The van der Waals surface area contributed by atoms with Gasteiger partial charge in [-0.3, -0.25) is 4.79 Å². The van der Waals surface area contributed by atoms with E-state index in [-0.39, 0.29) is 11.3 Å². The average Bonchev–Trinajstić information content (AvgIpc) is 2.41. The Bertz CT molecular complexity index is 656. The Morgan fingerprint density at radius 2 is 2.05 bits per heavy atom. The number of rotatable bonds is 4. The van der Waals surface area contributed by atoms with Gasteiger partial charge in [-0.25, -0.2) is 0 Å². The highest BCUT2D eigenvalue weighted by Gasteiger charge is 2.08. The Hall–Kier alpha value is -2.20. The summed E-state index contributed by atoms with van der Waals surface area (Å²) in [5.74, 6) is -0.343. The normalized spacial score (nSPS) is 10.3. The van der Waals surface area contributed by atoms with Crippen molar-refractivity contribution in [2.75, 3.05) is 5.32 Å². The zero-order valence-electron chi connectivity index (χ0n) is 11.0. The first kappa shape index (κ1) is 14.2. The number of phenols is 1. The molecule has 0 fully saturated rings. The van der Waals surface area contributed by atoms with Gasteiger partial charge >= 0.3 is 0 Å². The van der Waals surface area contributed by atoms with E-state index in [0.29, 0.717) is 17.3 Å². The van der Waals surface area contributed by atoms with Crippen molar-refractivity contribution in [1.29, 1.82) is 0 Å². The lowest BCUT2D eigenvalue weighted by Crippen LogP contribution is -2.12. The maximum absolute atomic E-state index is 11.2. The Kier molecular flexibility index (Phi) is 4.15. The average molecular weight is 291 g/mol. The predicted molar refractivity (Wildman–Crippen MR) is 80.1 cm³/mol. The number of nitrogens with one attached hydrogen (secondary N) is 1. The molecule has 0 saturated carbocycles. The van der Waals surface area contributed by atoms with Crippen LogP contribution >= 0.6 is 11.6 Å². The molecule has 0 aliphatic carbocycles. The van der Waals surface area contributed by atoms with E-state index in [9.17, 15) is 9.90 Å². The molecule has 0 heterocycles. The molecular formula is C15H15ClN2O2. The van der Waals surface area contributed by atoms with E-state index in [2.05, 4.69) is 5.32 Å². The van der Waals surface area contributed by atoms with Crippen LogP contribution in [0.4, 0.5) is 5.69 Å². The third kappa shape index (κ3) is 3.22. The van der Waals surface area contributed by atoms with E-state index in [1.165, 1.54) is 0 Å². The third-order valence-corrected chi connectivity index (χ3v) is 3.28. The van der Waals surface area contributed by atoms with Crippen LogP contribution in [-0.4, -0.2) is 11.0 Å². The van der Waals surface area contributed by atoms with Crippen LogP contribution in [0.3, 0.4) is 0 Å². The fourth-order valence-corrected chi connectivity index (χ4v) is 2.09. The van der Waals surface area contributed by atoms with Crippen LogP contribution in [0.1, 0.15) is 21.5 Å². The van der Waals surface area contributed by atoms with Gasteiger partial charge in [0.25, 0.3) is 0 Å². The molecule has 2 aromatic rings. The molecule has 20 heavy (non-hydrogen) atoms. The van der Waals surface area contributed by atoms with Gasteiger partial charge in [-0.15, -0.1) is 0 Å². The number of nitrogens with two attached hydrogens (primary N) is 1. The number of primary amides is 1. The van der Waals surface area contributed by atoms with Gasteiger partial charge in [-0.1, -0.05) is 29.3 Å². The van der Waals surface area contributed by atoms with Crippen molar-refractivity contribution in [3.8, 4) is 5.75 Å². The van der Waals surface area contributed by atoms with Gasteiger partial charge < -0.3 is 16.2 Å². The van der Waals surface area contributed by atoms with E-state index >= 15 is 0 Å². The quantitative estimate of drug-likeness (QED) is 0.810. The van der Waals surface area contributed by atoms with Crippen LogP contribution in [0, 0.1) is 6.92 Å². The molecule has 0 atom stereocenters. The van der Waals surface area contributed by atoms with Crippen LogP contribution in [0.15, 0.2) is 36.4 Å². The Morgan fingerprint density at radius 3 is 2.75 bits per heavy atom. The van der Waals surface area contributed by atoms with Crippen LogP contribution in [0.25, 0.3) is 0 Å². The Morgan fingerprint density at radius 1 is 1.30 bits per heavy atom. The van der Waals surface area contributed by atoms with E-state index in [4.69, 9.17) is 17.3 Å². The van der Waals surface area contributed by atoms with Crippen molar-refractivity contribution >= 4 is 23.2 Å². The number of halogens is 1. The van der Waals surface area contributed by atoms with Gasteiger partial charge in [0.1, 0.15) is 5.75 Å². The number of aryl methyl sites for hydroxylation is 1. The van der Waals surface area contributed by atoms with Crippen molar-refractivity contribution < 1.29 is 9.90 Å². The topological polar surface area (TPSA) is 75.3 Å².